The number of thiocarbonyl (C=S) groups is 1. The molecule has 104 valence electrons. The van der Waals surface area contributed by atoms with Crippen LogP contribution in [0.25, 0.3) is 0 Å². The molecule has 0 spiro atoms. The summed E-state index contributed by atoms with van der Waals surface area (Å²) in [6.45, 7) is 1.94. The Morgan fingerprint density at radius 2 is 1.95 bits per heavy atom. The second-order valence-electron chi connectivity index (χ2n) is 4.03. The van der Waals surface area contributed by atoms with Crippen molar-refractivity contribution in [2.45, 2.75) is 25.8 Å². The van der Waals surface area contributed by atoms with Crippen LogP contribution >= 0.6 is 35.4 Å². The molecule has 0 aliphatic heterocycles. The van der Waals surface area contributed by atoms with Crippen molar-refractivity contribution in [3.8, 4) is 0 Å². The number of benzene rings is 1. The fraction of sp³-hybridized carbons (Fsp3) is 0.333. The number of carbonyl (C=O) groups is 1. The van der Waals surface area contributed by atoms with E-state index in [-0.39, 0.29) is 12.1 Å². The number of hydrogen-bond acceptors (Lipinski definition) is 2. The summed E-state index contributed by atoms with van der Waals surface area (Å²) in [5.74, 6) is 0. The zero-order chi connectivity index (χ0) is 14.4. The van der Waals surface area contributed by atoms with Gasteiger partial charge in [0.15, 0.2) is 0 Å². The van der Waals surface area contributed by atoms with Crippen LogP contribution in [0, 0.1) is 0 Å². The Bertz CT molecular complexity index is 462. The minimum absolute atomic E-state index is 0.0906. The Balaban J connectivity index is 2.61. The maximum Gasteiger partial charge on any atom is 0.319 e. The molecule has 0 radical (unpaired) electrons. The van der Waals surface area contributed by atoms with Crippen molar-refractivity contribution in [3.63, 3.8) is 0 Å². The Hall–Kier alpha value is -1.04. The SMILES string of the molecule is CCC(CC(N)=S)NC(=O)Nc1cc(Cl)cc(Cl)c1. The molecule has 4 N–H and O–H groups in total. The van der Waals surface area contributed by atoms with E-state index < -0.39 is 0 Å². The molecule has 1 rings (SSSR count). The zero-order valence-electron chi connectivity index (χ0n) is 10.4. The minimum atomic E-state index is -0.346. The molecule has 0 aliphatic carbocycles. The van der Waals surface area contributed by atoms with E-state index in [0.717, 1.165) is 6.42 Å². The highest BCUT2D eigenvalue weighted by Gasteiger charge is 2.11. The van der Waals surface area contributed by atoms with Crippen LogP contribution in [0.1, 0.15) is 19.8 Å². The van der Waals surface area contributed by atoms with E-state index in [1.54, 1.807) is 18.2 Å². The van der Waals surface area contributed by atoms with Crippen LogP contribution in [-0.2, 0) is 0 Å². The predicted molar refractivity (Wildman–Crippen MR) is 84.1 cm³/mol. The monoisotopic (exact) mass is 319 g/mol. The van der Waals surface area contributed by atoms with Gasteiger partial charge >= 0.3 is 6.03 Å². The largest absolute Gasteiger partial charge is 0.393 e. The van der Waals surface area contributed by atoms with Gasteiger partial charge in [-0.2, -0.15) is 0 Å². The number of urea groups is 1. The quantitative estimate of drug-likeness (QED) is 0.727. The van der Waals surface area contributed by atoms with Gasteiger partial charge in [-0.25, -0.2) is 4.79 Å². The maximum absolute atomic E-state index is 11.8. The molecule has 1 aromatic rings. The standard InChI is InChI=1S/C12H15Cl2N3OS/c1-2-9(6-11(15)19)16-12(18)17-10-4-7(13)3-8(14)5-10/h3-5,9H,2,6H2,1H3,(H2,15,19)(H2,16,17,18). The van der Waals surface area contributed by atoms with Crippen LogP contribution in [0.4, 0.5) is 10.5 Å². The van der Waals surface area contributed by atoms with Crippen LogP contribution < -0.4 is 16.4 Å². The molecule has 0 fully saturated rings. The van der Waals surface area contributed by atoms with Gasteiger partial charge < -0.3 is 16.4 Å². The molecule has 1 aromatic carbocycles. The van der Waals surface area contributed by atoms with Crippen LogP contribution in [0.2, 0.25) is 10.0 Å². The molecule has 0 heterocycles. The first kappa shape index (κ1) is 16.0. The molecule has 0 bridgehead atoms. The van der Waals surface area contributed by atoms with Gasteiger partial charge in [-0.3, -0.25) is 0 Å². The van der Waals surface area contributed by atoms with Crippen LogP contribution in [0.3, 0.4) is 0 Å². The fourth-order valence-electron chi connectivity index (χ4n) is 1.52. The molecule has 19 heavy (non-hydrogen) atoms. The van der Waals surface area contributed by atoms with E-state index >= 15 is 0 Å². The van der Waals surface area contributed by atoms with Crippen molar-refractivity contribution < 1.29 is 4.79 Å². The number of nitrogens with one attached hydrogen (secondary N) is 2. The summed E-state index contributed by atoms with van der Waals surface area (Å²) < 4.78 is 0. The molecule has 1 atom stereocenters. The molecule has 0 saturated carbocycles. The molecule has 0 aliphatic rings. The number of nitrogens with two attached hydrogens (primary N) is 1. The number of carbonyl (C=O) groups excluding carboxylic acids is 1. The number of rotatable bonds is 5. The van der Waals surface area contributed by atoms with E-state index in [1.807, 2.05) is 6.92 Å². The van der Waals surface area contributed by atoms with Crippen molar-refractivity contribution in [1.29, 1.82) is 0 Å². The Morgan fingerprint density at radius 3 is 2.42 bits per heavy atom. The molecule has 0 aromatic heterocycles. The van der Waals surface area contributed by atoms with Crippen LogP contribution in [-0.4, -0.2) is 17.1 Å². The van der Waals surface area contributed by atoms with Crippen LogP contribution in [0.5, 0.6) is 0 Å². The first-order valence-corrected chi connectivity index (χ1v) is 6.89. The van der Waals surface area contributed by atoms with Crippen molar-refractivity contribution in [1.82, 2.24) is 5.32 Å². The third-order valence-corrected chi connectivity index (χ3v) is 3.00. The van der Waals surface area contributed by atoms with Gasteiger partial charge in [0.2, 0.25) is 0 Å². The smallest absolute Gasteiger partial charge is 0.319 e. The van der Waals surface area contributed by atoms with Gasteiger partial charge in [-0.15, -0.1) is 0 Å². The van der Waals surface area contributed by atoms with E-state index in [0.29, 0.717) is 27.1 Å². The maximum atomic E-state index is 11.8. The third-order valence-electron chi connectivity index (χ3n) is 2.40. The zero-order valence-corrected chi connectivity index (χ0v) is 12.7. The average Bonchev–Trinajstić information content (AvgIpc) is 2.25. The second kappa shape index (κ2) is 7.53. The lowest BCUT2D eigenvalue weighted by Gasteiger charge is -2.16. The van der Waals surface area contributed by atoms with Gasteiger partial charge in [-0.1, -0.05) is 42.3 Å². The van der Waals surface area contributed by atoms with Crippen LogP contribution in [0.15, 0.2) is 18.2 Å². The molecule has 7 heteroatoms. The Kier molecular flexibility index (Phi) is 6.34. The van der Waals surface area contributed by atoms with Gasteiger partial charge in [0.25, 0.3) is 0 Å². The van der Waals surface area contributed by atoms with Crippen molar-refractivity contribution in [2.24, 2.45) is 5.73 Å². The van der Waals surface area contributed by atoms with Gasteiger partial charge in [-0.05, 0) is 24.6 Å². The molecule has 2 amide bonds. The Morgan fingerprint density at radius 1 is 1.37 bits per heavy atom. The van der Waals surface area contributed by atoms with E-state index in [4.69, 9.17) is 41.2 Å². The first-order valence-electron chi connectivity index (χ1n) is 5.72. The molecular weight excluding hydrogens is 305 g/mol. The number of anilines is 1. The summed E-state index contributed by atoms with van der Waals surface area (Å²) >= 11 is 16.5. The lowest BCUT2D eigenvalue weighted by molar-refractivity contribution is 0.248. The lowest BCUT2D eigenvalue weighted by atomic mass is 10.1. The number of amides is 2. The third kappa shape index (κ3) is 6.09. The molecule has 4 nitrogen and oxygen atoms in total. The molecule has 0 saturated heterocycles. The number of halogens is 2. The van der Waals surface area contributed by atoms with Crippen molar-refractivity contribution in [3.05, 3.63) is 28.2 Å². The highest BCUT2D eigenvalue weighted by Crippen LogP contribution is 2.22. The van der Waals surface area contributed by atoms with Gasteiger partial charge in [0.05, 0.1) is 4.99 Å². The molecular formula is C12H15Cl2N3OS. The minimum Gasteiger partial charge on any atom is -0.393 e. The second-order valence-corrected chi connectivity index (χ2v) is 5.43. The summed E-state index contributed by atoms with van der Waals surface area (Å²) in [4.78, 5) is 12.2. The summed E-state index contributed by atoms with van der Waals surface area (Å²) in [6, 6.07) is 4.38. The fourth-order valence-corrected chi connectivity index (χ4v) is 2.25. The van der Waals surface area contributed by atoms with Crippen molar-refractivity contribution in [2.75, 3.05) is 5.32 Å². The van der Waals surface area contributed by atoms with Crippen molar-refractivity contribution >= 4 is 52.1 Å². The summed E-state index contributed by atoms with van der Waals surface area (Å²) in [7, 11) is 0. The van der Waals surface area contributed by atoms with E-state index in [9.17, 15) is 4.79 Å². The first-order chi connectivity index (χ1) is 8.90. The van der Waals surface area contributed by atoms with Gasteiger partial charge in [0, 0.05) is 28.2 Å². The summed E-state index contributed by atoms with van der Waals surface area (Å²) in [6.07, 6.45) is 1.20. The highest BCUT2D eigenvalue weighted by atomic mass is 35.5. The van der Waals surface area contributed by atoms with Gasteiger partial charge in [0.1, 0.15) is 0 Å². The average molecular weight is 320 g/mol. The summed E-state index contributed by atoms with van der Waals surface area (Å²) in [5.41, 5.74) is 5.99. The molecule has 1 unspecified atom stereocenters. The van der Waals surface area contributed by atoms with E-state index in [2.05, 4.69) is 10.6 Å². The number of hydrogen-bond donors (Lipinski definition) is 3. The topological polar surface area (TPSA) is 67.1 Å². The predicted octanol–water partition coefficient (Wildman–Crippen LogP) is 3.57. The van der Waals surface area contributed by atoms with E-state index in [1.165, 1.54) is 0 Å². The summed E-state index contributed by atoms with van der Waals surface area (Å²) in [5, 5.41) is 6.35. The lowest BCUT2D eigenvalue weighted by Crippen LogP contribution is -2.39. The Labute approximate surface area is 127 Å². The highest BCUT2D eigenvalue weighted by molar-refractivity contribution is 7.80. The normalized spacial score (nSPS) is 11.7.